The molecule has 1 N–H and O–H groups in total. The van der Waals surface area contributed by atoms with Crippen molar-refractivity contribution in [3.05, 3.63) is 35.5 Å². The zero-order valence-corrected chi connectivity index (χ0v) is 13.1. The number of nitrogens with one attached hydrogen (secondary N) is 1. The van der Waals surface area contributed by atoms with Gasteiger partial charge in [-0.15, -0.1) is 5.10 Å². The minimum Gasteiger partial charge on any atom is -0.461 e. The van der Waals surface area contributed by atoms with Crippen LogP contribution in [-0.2, 0) is 4.74 Å². The summed E-state index contributed by atoms with van der Waals surface area (Å²) >= 11 is 0. The maximum atomic E-state index is 11.7. The first-order valence-corrected chi connectivity index (χ1v) is 7.55. The maximum absolute atomic E-state index is 11.7. The SMILES string of the molecule is CCOC(=O)c1nn[nH]c1Oc1ccc(C(CC)CC)cc1. The molecule has 0 saturated heterocycles. The predicted molar refractivity (Wildman–Crippen MR) is 82.2 cm³/mol. The molecule has 0 amide bonds. The van der Waals surface area contributed by atoms with Crippen molar-refractivity contribution < 1.29 is 14.3 Å². The van der Waals surface area contributed by atoms with Crippen LogP contribution in [0, 0.1) is 0 Å². The lowest BCUT2D eigenvalue weighted by Gasteiger charge is -2.13. The van der Waals surface area contributed by atoms with Crippen molar-refractivity contribution in [3.8, 4) is 11.6 Å². The van der Waals surface area contributed by atoms with Crippen molar-refractivity contribution in [2.24, 2.45) is 0 Å². The van der Waals surface area contributed by atoms with Gasteiger partial charge in [-0.1, -0.05) is 31.2 Å². The van der Waals surface area contributed by atoms with Gasteiger partial charge in [-0.3, -0.25) is 0 Å². The van der Waals surface area contributed by atoms with Gasteiger partial charge < -0.3 is 9.47 Å². The van der Waals surface area contributed by atoms with Crippen LogP contribution in [0.25, 0.3) is 0 Å². The molecule has 22 heavy (non-hydrogen) atoms. The van der Waals surface area contributed by atoms with Gasteiger partial charge in [-0.05, 0) is 43.4 Å². The van der Waals surface area contributed by atoms with Crippen molar-refractivity contribution in [1.29, 1.82) is 0 Å². The van der Waals surface area contributed by atoms with Crippen molar-refractivity contribution in [1.82, 2.24) is 15.4 Å². The highest BCUT2D eigenvalue weighted by Gasteiger charge is 2.19. The van der Waals surface area contributed by atoms with Crippen molar-refractivity contribution >= 4 is 5.97 Å². The number of hydrogen-bond donors (Lipinski definition) is 1. The number of rotatable bonds is 7. The zero-order valence-electron chi connectivity index (χ0n) is 13.1. The summed E-state index contributed by atoms with van der Waals surface area (Å²) in [6.45, 7) is 6.37. The highest BCUT2D eigenvalue weighted by atomic mass is 16.5. The van der Waals surface area contributed by atoms with Gasteiger partial charge in [0.1, 0.15) is 5.75 Å². The monoisotopic (exact) mass is 303 g/mol. The summed E-state index contributed by atoms with van der Waals surface area (Å²) in [5.74, 6) is 0.804. The molecule has 6 nitrogen and oxygen atoms in total. The van der Waals surface area contributed by atoms with E-state index in [1.165, 1.54) is 5.56 Å². The van der Waals surface area contributed by atoms with E-state index >= 15 is 0 Å². The van der Waals surface area contributed by atoms with Crippen LogP contribution < -0.4 is 4.74 Å². The van der Waals surface area contributed by atoms with E-state index in [1.807, 2.05) is 24.3 Å². The number of carbonyl (C=O) groups excluding carboxylic acids is 1. The number of aromatic amines is 1. The molecular formula is C16H21N3O3. The van der Waals surface area contributed by atoms with E-state index in [2.05, 4.69) is 29.3 Å². The van der Waals surface area contributed by atoms with E-state index in [0.717, 1.165) is 12.8 Å². The number of carbonyl (C=O) groups is 1. The number of esters is 1. The Hall–Kier alpha value is -2.37. The number of benzene rings is 1. The molecule has 1 aromatic carbocycles. The Balaban J connectivity index is 2.12. The lowest BCUT2D eigenvalue weighted by Crippen LogP contribution is -2.06. The molecule has 0 aliphatic carbocycles. The zero-order chi connectivity index (χ0) is 15.9. The highest BCUT2D eigenvalue weighted by Crippen LogP contribution is 2.27. The average Bonchev–Trinajstić information content (AvgIpc) is 2.98. The molecule has 2 aromatic rings. The van der Waals surface area contributed by atoms with Crippen LogP contribution in [0.4, 0.5) is 0 Å². The summed E-state index contributed by atoms with van der Waals surface area (Å²) in [6, 6.07) is 7.84. The van der Waals surface area contributed by atoms with E-state index in [0.29, 0.717) is 11.7 Å². The molecule has 0 aliphatic rings. The third-order valence-corrected chi connectivity index (χ3v) is 3.54. The smallest absolute Gasteiger partial charge is 0.364 e. The van der Waals surface area contributed by atoms with Crippen LogP contribution in [0.5, 0.6) is 11.6 Å². The molecule has 118 valence electrons. The summed E-state index contributed by atoms with van der Waals surface area (Å²) in [4.78, 5) is 11.7. The third-order valence-electron chi connectivity index (χ3n) is 3.54. The fraction of sp³-hybridized carbons (Fsp3) is 0.438. The second kappa shape index (κ2) is 7.59. The summed E-state index contributed by atoms with van der Waals surface area (Å²) in [5.41, 5.74) is 1.33. The third kappa shape index (κ3) is 3.63. The van der Waals surface area contributed by atoms with E-state index in [-0.39, 0.29) is 18.2 Å². The first-order valence-electron chi connectivity index (χ1n) is 7.55. The Kier molecular flexibility index (Phi) is 5.52. The molecular weight excluding hydrogens is 282 g/mol. The van der Waals surface area contributed by atoms with Crippen LogP contribution in [0.1, 0.15) is 55.6 Å². The van der Waals surface area contributed by atoms with Crippen LogP contribution in [0.15, 0.2) is 24.3 Å². The quantitative estimate of drug-likeness (QED) is 0.789. The highest BCUT2D eigenvalue weighted by molar-refractivity contribution is 5.89. The van der Waals surface area contributed by atoms with E-state index in [4.69, 9.17) is 9.47 Å². The Morgan fingerprint density at radius 1 is 1.18 bits per heavy atom. The van der Waals surface area contributed by atoms with Crippen molar-refractivity contribution in [2.45, 2.75) is 39.5 Å². The Morgan fingerprint density at radius 3 is 2.45 bits per heavy atom. The van der Waals surface area contributed by atoms with Crippen LogP contribution >= 0.6 is 0 Å². The van der Waals surface area contributed by atoms with Gasteiger partial charge in [0.05, 0.1) is 6.61 Å². The minimum atomic E-state index is -0.556. The topological polar surface area (TPSA) is 77.1 Å². The lowest BCUT2D eigenvalue weighted by molar-refractivity contribution is 0.0516. The number of aromatic nitrogens is 3. The molecule has 0 fully saturated rings. The van der Waals surface area contributed by atoms with Gasteiger partial charge >= 0.3 is 5.97 Å². The fourth-order valence-corrected chi connectivity index (χ4v) is 2.31. The molecule has 0 bridgehead atoms. The Bertz CT molecular complexity index is 603. The lowest BCUT2D eigenvalue weighted by atomic mass is 9.94. The molecule has 0 radical (unpaired) electrons. The van der Waals surface area contributed by atoms with Gasteiger partial charge in [-0.25, -0.2) is 9.89 Å². The first kappa shape index (κ1) is 16.0. The van der Waals surface area contributed by atoms with E-state index < -0.39 is 5.97 Å². The van der Waals surface area contributed by atoms with E-state index in [1.54, 1.807) is 6.92 Å². The molecule has 6 heteroatoms. The molecule has 0 atom stereocenters. The van der Waals surface area contributed by atoms with Gasteiger partial charge in [0, 0.05) is 0 Å². The number of H-pyrrole nitrogens is 1. The van der Waals surface area contributed by atoms with Crippen molar-refractivity contribution in [2.75, 3.05) is 6.61 Å². The number of nitrogens with zero attached hydrogens (tertiary/aromatic N) is 2. The summed E-state index contributed by atoms with van der Waals surface area (Å²) < 4.78 is 10.5. The summed E-state index contributed by atoms with van der Waals surface area (Å²) in [7, 11) is 0. The standard InChI is InChI=1S/C16H21N3O3/c1-4-11(5-2)12-7-9-13(10-8-12)22-15-14(17-19-18-15)16(20)21-6-3/h7-11H,4-6H2,1-3H3,(H,17,18,19). The summed E-state index contributed by atoms with van der Waals surface area (Å²) in [6.07, 6.45) is 2.21. The summed E-state index contributed by atoms with van der Waals surface area (Å²) in [5, 5.41) is 9.86. The largest absolute Gasteiger partial charge is 0.461 e. The minimum absolute atomic E-state index is 0.0471. The first-order chi connectivity index (χ1) is 10.7. The van der Waals surface area contributed by atoms with Gasteiger partial charge in [-0.2, -0.15) is 0 Å². The predicted octanol–water partition coefficient (Wildman–Crippen LogP) is 3.68. The maximum Gasteiger partial charge on any atom is 0.364 e. The second-order valence-corrected chi connectivity index (χ2v) is 4.89. The average molecular weight is 303 g/mol. The van der Waals surface area contributed by atoms with Crippen LogP contribution in [-0.4, -0.2) is 28.0 Å². The fourth-order valence-electron chi connectivity index (χ4n) is 2.31. The molecule has 0 unspecified atom stereocenters. The molecule has 0 saturated carbocycles. The molecule has 0 aliphatic heterocycles. The van der Waals surface area contributed by atoms with Gasteiger partial charge in [0.2, 0.25) is 5.69 Å². The molecule has 2 rings (SSSR count). The van der Waals surface area contributed by atoms with Crippen LogP contribution in [0.2, 0.25) is 0 Å². The molecule has 1 aromatic heterocycles. The molecule has 0 spiro atoms. The van der Waals surface area contributed by atoms with Gasteiger partial charge in [0.25, 0.3) is 5.88 Å². The number of hydrogen-bond acceptors (Lipinski definition) is 5. The Labute approximate surface area is 129 Å². The van der Waals surface area contributed by atoms with Crippen LogP contribution in [0.3, 0.4) is 0 Å². The normalized spacial score (nSPS) is 10.7. The Morgan fingerprint density at radius 2 is 1.86 bits per heavy atom. The van der Waals surface area contributed by atoms with Gasteiger partial charge in [0.15, 0.2) is 0 Å². The number of ether oxygens (including phenoxy) is 2. The van der Waals surface area contributed by atoms with Crippen molar-refractivity contribution in [3.63, 3.8) is 0 Å². The second-order valence-electron chi connectivity index (χ2n) is 4.89. The van der Waals surface area contributed by atoms with E-state index in [9.17, 15) is 4.79 Å². The molecule has 1 heterocycles.